The van der Waals surface area contributed by atoms with Gasteiger partial charge in [0.2, 0.25) is 0 Å². The molecule has 7 nitrogen and oxygen atoms in total. The molecular weight excluding hydrogens is 366 g/mol. The summed E-state index contributed by atoms with van der Waals surface area (Å²) in [5.41, 5.74) is 2.83. The molecule has 0 fully saturated rings. The van der Waals surface area contributed by atoms with E-state index in [0.717, 1.165) is 48.0 Å². The van der Waals surface area contributed by atoms with Gasteiger partial charge in [0.15, 0.2) is 12.4 Å². The highest BCUT2D eigenvalue weighted by molar-refractivity contribution is 5.92. The van der Waals surface area contributed by atoms with Crippen LogP contribution >= 0.6 is 0 Å². The van der Waals surface area contributed by atoms with E-state index in [1.54, 1.807) is 0 Å². The van der Waals surface area contributed by atoms with E-state index in [9.17, 15) is 4.79 Å². The van der Waals surface area contributed by atoms with Gasteiger partial charge in [0.25, 0.3) is 5.91 Å². The predicted octanol–water partition coefficient (Wildman–Crippen LogP) is 3.36. The zero-order valence-corrected chi connectivity index (χ0v) is 16.8. The van der Waals surface area contributed by atoms with Crippen LogP contribution in [0.3, 0.4) is 0 Å². The van der Waals surface area contributed by atoms with Gasteiger partial charge in [0.1, 0.15) is 11.6 Å². The first kappa shape index (κ1) is 19.0. The number of nitrogens with zero attached hydrogens (tertiary/aromatic N) is 4. The van der Waals surface area contributed by atoms with Crippen LogP contribution in [0.1, 0.15) is 18.7 Å². The van der Waals surface area contributed by atoms with Gasteiger partial charge in [0.05, 0.1) is 0 Å². The lowest BCUT2D eigenvalue weighted by Crippen LogP contribution is -2.20. The monoisotopic (exact) mass is 391 g/mol. The number of fused-ring (bicyclic) bond motifs is 1. The van der Waals surface area contributed by atoms with Gasteiger partial charge in [0, 0.05) is 44.0 Å². The second-order valence-electron chi connectivity index (χ2n) is 7.35. The van der Waals surface area contributed by atoms with Gasteiger partial charge in [-0.25, -0.2) is 0 Å². The molecule has 150 valence electrons. The van der Waals surface area contributed by atoms with E-state index >= 15 is 0 Å². The van der Waals surface area contributed by atoms with Crippen LogP contribution < -0.4 is 15.0 Å². The van der Waals surface area contributed by atoms with Crippen molar-refractivity contribution < 1.29 is 9.53 Å². The topological polar surface area (TPSA) is 72.3 Å². The Kier molecular flexibility index (Phi) is 5.46. The van der Waals surface area contributed by atoms with Crippen LogP contribution in [0.4, 0.5) is 11.4 Å². The lowest BCUT2D eigenvalue weighted by atomic mass is 10.1. The second kappa shape index (κ2) is 8.34. The molecule has 2 heterocycles. The second-order valence-corrected chi connectivity index (χ2v) is 7.35. The van der Waals surface area contributed by atoms with Gasteiger partial charge in [-0.15, -0.1) is 10.2 Å². The molecule has 0 saturated heterocycles. The number of aromatic nitrogens is 3. The molecule has 0 atom stereocenters. The summed E-state index contributed by atoms with van der Waals surface area (Å²) in [5, 5.41) is 11.5. The van der Waals surface area contributed by atoms with Gasteiger partial charge in [-0.05, 0) is 61.4 Å². The molecule has 0 unspecified atom stereocenters. The van der Waals surface area contributed by atoms with E-state index in [-0.39, 0.29) is 12.5 Å². The molecule has 0 saturated carbocycles. The van der Waals surface area contributed by atoms with Crippen LogP contribution in [0, 0.1) is 0 Å². The minimum atomic E-state index is -0.196. The molecule has 4 rings (SSSR count). The molecule has 3 aromatic rings. The summed E-state index contributed by atoms with van der Waals surface area (Å²) in [5.74, 6) is 2.40. The van der Waals surface area contributed by atoms with Crippen molar-refractivity contribution in [2.24, 2.45) is 0 Å². The van der Waals surface area contributed by atoms with E-state index in [4.69, 9.17) is 4.74 Å². The Morgan fingerprint density at radius 1 is 1.07 bits per heavy atom. The normalized spacial score (nSPS) is 12.9. The minimum absolute atomic E-state index is 0.0465. The Bertz CT molecular complexity index is 977. The number of hydrogen-bond acceptors (Lipinski definition) is 5. The van der Waals surface area contributed by atoms with Crippen LogP contribution in [0.15, 0.2) is 48.5 Å². The van der Waals surface area contributed by atoms with Crippen molar-refractivity contribution in [2.45, 2.75) is 25.8 Å². The molecule has 1 N–H and O–H groups in total. The van der Waals surface area contributed by atoms with E-state index in [1.165, 1.54) is 6.42 Å². The summed E-state index contributed by atoms with van der Waals surface area (Å²) in [4.78, 5) is 14.2. The number of carbonyl (C=O) groups is 1. The highest BCUT2D eigenvalue weighted by Gasteiger charge is 2.16. The van der Waals surface area contributed by atoms with Crippen LogP contribution in [0.25, 0.3) is 11.4 Å². The smallest absolute Gasteiger partial charge is 0.262 e. The zero-order valence-electron chi connectivity index (χ0n) is 16.8. The molecule has 0 radical (unpaired) electrons. The third-order valence-corrected chi connectivity index (χ3v) is 5.01. The third kappa shape index (κ3) is 4.39. The highest BCUT2D eigenvalue weighted by Crippen LogP contribution is 2.25. The Labute approximate surface area is 170 Å². The average molecular weight is 391 g/mol. The number of nitrogens with one attached hydrogen (secondary N) is 1. The SMILES string of the molecule is CN(C)c1ccc(NC(=O)COc2ccc(-c3nnc4n3CCCC4)cc2)cc1. The van der Waals surface area contributed by atoms with Gasteiger partial charge in [-0.3, -0.25) is 4.79 Å². The minimum Gasteiger partial charge on any atom is -0.484 e. The van der Waals surface area contributed by atoms with Gasteiger partial charge >= 0.3 is 0 Å². The maximum absolute atomic E-state index is 12.2. The summed E-state index contributed by atoms with van der Waals surface area (Å²) in [6.07, 6.45) is 3.32. The van der Waals surface area contributed by atoms with E-state index < -0.39 is 0 Å². The lowest BCUT2D eigenvalue weighted by molar-refractivity contribution is -0.118. The quantitative estimate of drug-likeness (QED) is 0.698. The summed E-state index contributed by atoms with van der Waals surface area (Å²) >= 11 is 0. The fourth-order valence-electron chi connectivity index (χ4n) is 3.41. The zero-order chi connectivity index (χ0) is 20.2. The van der Waals surface area contributed by atoms with Crippen molar-refractivity contribution in [1.29, 1.82) is 0 Å². The first-order valence-electron chi connectivity index (χ1n) is 9.83. The number of hydrogen-bond donors (Lipinski definition) is 1. The van der Waals surface area contributed by atoms with Crippen molar-refractivity contribution in [3.63, 3.8) is 0 Å². The van der Waals surface area contributed by atoms with Crippen LogP contribution in [0.2, 0.25) is 0 Å². The maximum Gasteiger partial charge on any atom is 0.262 e. The molecule has 0 spiro atoms. The molecule has 1 amide bonds. The van der Waals surface area contributed by atoms with Gasteiger partial charge < -0.3 is 19.5 Å². The predicted molar refractivity (Wildman–Crippen MR) is 113 cm³/mol. The molecular formula is C22H25N5O2. The Morgan fingerprint density at radius 3 is 2.55 bits per heavy atom. The molecule has 1 aromatic heterocycles. The molecule has 2 aromatic carbocycles. The van der Waals surface area contributed by atoms with Crippen molar-refractivity contribution in [1.82, 2.24) is 14.8 Å². The standard InChI is InChI=1S/C22H25N5O2/c1-26(2)18-10-8-17(9-11-18)23-21(28)15-29-19-12-6-16(7-13-19)22-25-24-20-5-3-4-14-27(20)22/h6-13H,3-5,14-15H2,1-2H3,(H,23,28). The van der Waals surface area contributed by atoms with Crippen LogP contribution in [-0.4, -0.2) is 41.4 Å². The molecule has 29 heavy (non-hydrogen) atoms. The summed E-state index contributed by atoms with van der Waals surface area (Å²) in [6.45, 7) is 0.917. The van der Waals surface area contributed by atoms with Crippen molar-refractivity contribution in [2.75, 3.05) is 30.9 Å². The molecule has 0 aliphatic carbocycles. The largest absolute Gasteiger partial charge is 0.484 e. The summed E-state index contributed by atoms with van der Waals surface area (Å²) in [7, 11) is 3.95. The number of amides is 1. The van der Waals surface area contributed by atoms with Crippen molar-refractivity contribution in [3.05, 3.63) is 54.4 Å². The van der Waals surface area contributed by atoms with Crippen LogP contribution in [0.5, 0.6) is 5.75 Å². The number of rotatable bonds is 6. The lowest BCUT2D eigenvalue weighted by Gasteiger charge is -2.15. The summed E-state index contributed by atoms with van der Waals surface area (Å²) in [6, 6.07) is 15.3. The Morgan fingerprint density at radius 2 is 1.83 bits per heavy atom. The van der Waals surface area contributed by atoms with Crippen molar-refractivity contribution >= 4 is 17.3 Å². The number of carbonyl (C=O) groups excluding carboxylic acids is 1. The van der Waals surface area contributed by atoms with E-state index in [0.29, 0.717) is 5.75 Å². The molecule has 7 heteroatoms. The maximum atomic E-state index is 12.2. The average Bonchev–Trinajstić information content (AvgIpc) is 3.17. The first-order valence-corrected chi connectivity index (χ1v) is 9.83. The fraction of sp³-hybridized carbons (Fsp3) is 0.318. The fourth-order valence-corrected chi connectivity index (χ4v) is 3.41. The first-order chi connectivity index (χ1) is 14.1. The van der Waals surface area contributed by atoms with Crippen LogP contribution in [-0.2, 0) is 17.8 Å². The number of aryl methyl sites for hydroxylation is 1. The summed E-state index contributed by atoms with van der Waals surface area (Å²) < 4.78 is 7.81. The number of anilines is 2. The van der Waals surface area contributed by atoms with Gasteiger partial charge in [-0.1, -0.05) is 0 Å². The molecule has 1 aliphatic heterocycles. The molecule has 1 aliphatic rings. The number of ether oxygens (including phenoxy) is 1. The van der Waals surface area contributed by atoms with Gasteiger partial charge in [-0.2, -0.15) is 0 Å². The Balaban J connectivity index is 1.33. The van der Waals surface area contributed by atoms with Crippen molar-refractivity contribution in [3.8, 4) is 17.1 Å². The van der Waals surface area contributed by atoms with E-state index in [2.05, 4.69) is 20.1 Å². The van der Waals surface area contributed by atoms with E-state index in [1.807, 2.05) is 67.5 Å². The number of benzene rings is 2. The third-order valence-electron chi connectivity index (χ3n) is 5.01. The highest BCUT2D eigenvalue weighted by atomic mass is 16.5. The molecule has 0 bridgehead atoms. The Hall–Kier alpha value is -3.35.